The monoisotopic (exact) mass is 256 g/mol. The molecule has 1 heterocycles. The van der Waals surface area contributed by atoms with Crippen LogP contribution in [0.5, 0.6) is 0 Å². The molecule has 1 atom stereocenters. The van der Waals surface area contributed by atoms with Gasteiger partial charge in [-0.15, -0.1) is 0 Å². The van der Waals surface area contributed by atoms with Gasteiger partial charge in [-0.2, -0.15) is 0 Å². The van der Waals surface area contributed by atoms with Crippen molar-refractivity contribution in [3.05, 3.63) is 0 Å². The van der Waals surface area contributed by atoms with Gasteiger partial charge >= 0.3 is 5.97 Å². The minimum Gasteiger partial charge on any atom is -0.481 e. The Kier molecular flexibility index (Phi) is 5.61. The first kappa shape index (κ1) is 14.5. The third-order valence-electron chi connectivity index (χ3n) is 3.07. The van der Waals surface area contributed by atoms with Gasteiger partial charge in [-0.3, -0.25) is 14.4 Å². The normalized spacial score (nSPS) is 19.4. The van der Waals surface area contributed by atoms with E-state index < -0.39 is 5.97 Å². The second-order valence-electron chi connectivity index (χ2n) is 4.57. The van der Waals surface area contributed by atoms with Gasteiger partial charge < -0.3 is 15.3 Å². The standard InChI is InChI=1S/C12H20N2O4/c1-9(15)13-6-5-11(16)14-7-3-2-4-10(14)8-12(17)18/h10H,2-8H2,1H3,(H,13,15)(H,17,18). The maximum Gasteiger partial charge on any atom is 0.305 e. The SMILES string of the molecule is CC(=O)NCCC(=O)N1CCCCC1CC(=O)O. The number of nitrogens with zero attached hydrogens (tertiary/aromatic N) is 1. The van der Waals surface area contributed by atoms with Gasteiger partial charge in [-0.05, 0) is 19.3 Å². The number of likely N-dealkylation sites (tertiary alicyclic amines) is 1. The van der Waals surface area contributed by atoms with E-state index in [2.05, 4.69) is 5.32 Å². The minimum absolute atomic E-state index is 0.00583. The number of carboxylic acids is 1. The number of carbonyl (C=O) groups excluding carboxylic acids is 2. The summed E-state index contributed by atoms with van der Waals surface area (Å²) in [6, 6.07) is -0.193. The zero-order valence-electron chi connectivity index (χ0n) is 10.6. The molecular weight excluding hydrogens is 236 g/mol. The van der Waals surface area contributed by atoms with Crippen molar-refractivity contribution in [2.24, 2.45) is 0 Å². The molecule has 1 rings (SSSR count). The summed E-state index contributed by atoms with van der Waals surface area (Å²) < 4.78 is 0. The summed E-state index contributed by atoms with van der Waals surface area (Å²) in [4.78, 5) is 35.0. The van der Waals surface area contributed by atoms with Crippen molar-refractivity contribution in [2.75, 3.05) is 13.1 Å². The van der Waals surface area contributed by atoms with Crippen LogP contribution < -0.4 is 5.32 Å². The van der Waals surface area contributed by atoms with Crippen LogP contribution >= 0.6 is 0 Å². The van der Waals surface area contributed by atoms with Gasteiger partial charge in [0.05, 0.1) is 6.42 Å². The number of rotatable bonds is 5. The molecule has 2 N–H and O–H groups in total. The van der Waals surface area contributed by atoms with E-state index in [0.29, 0.717) is 13.1 Å². The van der Waals surface area contributed by atoms with E-state index in [1.54, 1.807) is 4.90 Å². The fourth-order valence-electron chi connectivity index (χ4n) is 2.23. The van der Waals surface area contributed by atoms with Crippen LogP contribution in [0.4, 0.5) is 0 Å². The molecule has 0 bridgehead atoms. The average molecular weight is 256 g/mol. The zero-order chi connectivity index (χ0) is 13.5. The number of aliphatic carboxylic acids is 1. The largest absolute Gasteiger partial charge is 0.481 e. The Morgan fingerprint density at radius 1 is 1.33 bits per heavy atom. The number of carboxylic acid groups (broad SMARTS) is 1. The van der Waals surface area contributed by atoms with Crippen molar-refractivity contribution in [1.82, 2.24) is 10.2 Å². The van der Waals surface area contributed by atoms with Crippen molar-refractivity contribution in [3.8, 4) is 0 Å². The molecular formula is C12H20N2O4. The fourth-order valence-corrected chi connectivity index (χ4v) is 2.23. The van der Waals surface area contributed by atoms with E-state index in [9.17, 15) is 14.4 Å². The molecule has 18 heavy (non-hydrogen) atoms. The molecule has 1 unspecified atom stereocenters. The van der Waals surface area contributed by atoms with Crippen LogP contribution in [0.25, 0.3) is 0 Å². The number of hydrogen-bond donors (Lipinski definition) is 2. The highest BCUT2D eigenvalue weighted by atomic mass is 16.4. The molecule has 1 aliphatic rings. The first-order chi connectivity index (χ1) is 8.50. The highest BCUT2D eigenvalue weighted by Crippen LogP contribution is 2.20. The Labute approximate surface area is 106 Å². The van der Waals surface area contributed by atoms with Gasteiger partial charge in [0.1, 0.15) is 0 Å². The first-order valence-electron chi connectivity index (χ1n) is 6.26. The van der Waals surface area contributed by atoms with Gasteiger partial charge in [0.25, 0.3) is 0 Å². The summed E-state index contributed by atoms with van der Waals surface area (Å²) in [7, 11) is 0. The zero-order valence-corrected chi connectivity index (χ0v) is 10.6. The summed E-state index contributed by atoms with van der Waals surface area (Å²) in [5.74, 6) is -1.11. The molecule has 0 saturated carbocycles. The summed E-state index contributed by atoms with van der Waals surface area (Å²) in [5.41, 5.74) is 0. The smallest absolute Gasteiger partial charge is 0.305 e. The van der Waals surface area contributed by atoms with Crippen LogP contribution in [0, 0.1) is 0 Å². The van der Waals surface area contributed by atoms with Gasteiger partial charge in [0.15, 0.2) is 0 Å². The van der Waals surface area contributed by atoms with Crippen molar-refractivity contribution < 1.29 is 19.5 Å². The van der Waals surface area contributed by atoms with Crippen LogP contribution in [-0.2, 0) is 14.4 Å². The summed E-state index contributed by atoms with van der Waals surface area (Å²) in [6.45, 7) is 2.33. The molecule has 0 aromatic carbocycles. The van der Waals surface area contributed by atoms with Gasteiger partial charge in [-0.25, -0.2) is 0 Å². The Balaban J connectivity index is 2.46. The third kappa shape index (κ3) is 4.73. The van der Waals surface area contributed by atoms with E-state index in [-0.39, 0.29) is 30.7 Å². The quantitative estimate of drug-likeness (QED) is 0.744. The fraction of sp³-hybridized carbons (Fsp3) is 0.750. The maximum atomic E-state index is 12.0. The van der Waals surface area contributed by atoms with E-state index >= 15 is 0 Å². The lowest BCUT2D eigenvalue weighted by atomic mass is 9.99. The van der Waals surface area contributed by atoms with Crippen molar-refractivity contribution >= 4 is 17.8 Å². The van der Waals surface area contributed by atoms with Crippen LogP contribution in [0.15, 0.2) is 0 Å². The lowest BCUT2D eigenvalue weighted by molar-refractivity contribution is -0.141. The number of amides is 2. The maximum absolute atomic E-state index is 12.0. The molecule has 0 spiro atoms. The number of hydrogen-bond acceptors (Lipinski definition) is 3. The van der Waals surface area contributed by atoms with E-state index in [0.717, 1.165) is 19.3 Å². The molecule has 0 radical (unpaired) electrons. The molecule has 1 fully saturated rings. The molecule has 0 aromatic heterocycles. The molecule has 1 saturated heterocycles. The highest BCUT2D eigenvalue weighted by molar-refractivity contribution is 5.79. The Morgan fingerprint density at radius 2 is 2.06 bits per heavy atom. The summed E-state index contributed by atoms with van der Waals surface area (Å²) in [5, 5.41) is 11.4. The van der Waals surface area contributed by atoms with Crippen LogP contribution in [0.2, 0.25) is 0 Å². The molecule has 102 valence electrons. The lowest BCUT2D eigenvalue weighted by Gasteiger charge is -2.35. The van der Waals surface area contributed by atoms with Gasteiger partial charge in [0.2, 0.25) is 11.8 Å². The van der Waals surface area contributed by atoms with Crippen molar-refractivity contribution in [3.63, 3.8) is 0 Å². The Bertz CT molecular complexity index is 330. The average Bonchev–Trinajstić information content (AvgIpc) is 2.28. The Morgan fingerprint density at radius 3 is 2.67 bits per heavy atom. The number of piperidine rings is 1. The lowest BCUT2D eigenvalue weighted by Crippen LogP contribution is -2.45. The topological polar surface area (TPSA) is 86.7 Å². The minimum atomic E-state index is -0.874. The van der Waals surface area contributed by atoms with Gasteiger partial charge in [0, 0.05) is 32.5 Å². The molecule has 1 aliphatic heterocycles. The summed E-state index contributed by atoms with van der Waals surface area (Å²) >= 11 is 0. The van der Waals surface area contributed by atoms with Crippen molar-refractivity contribution in [1.29, 1.82) is 0 Å². The molecule has 0 aromatic rings. The van der Waals surface area contributed by atoms with Crippen LogP contribution in [0.1, 0.15) is 39.0 Å². The van der Waals surface area contributed by atoms with E-state index in [1.807, 2.05) is 0 Å². The second kappa shape index (κ2) is 6.98. The predicted octanol–water partition coefficient (Wildman–Crippen LogP) is 0.368. The first-order valence-corrected chi connectivity index (χ1v) is 6.26. The molecule has 6 nitrogen and oxygen atoms in total. The molecule has 6 heteroatoms. The second-order valence-corrected chi connectivity index (χ2v) is 4.57. The predicted molar refractivity (Wildman–Crippen MR) is 64.9 cm³/mol. The summed E-state index contributed by atoms with van der Waals surface area (Å²) in [6.07, 6.45) is 2.87. The van der Waals surface area contributed by atoms with Gasteiger partial charge in [-0.1, -0.05) is 0 Å². The van der Waals surface area contributed by atoms with Crippen LogP contribution in [-0.4, -0.2) is 46.9 Å². The van der Waals surface area contributed by atoms with E-state index in [4.69, 9.17) is 5.11 Å². The number of carbonyl (C=O) groups is 3. The highest BCUT2D eigenvalue weighted by Gasteiger charge is 2.27. The number of nitrogens with one attached hydrogen (secondary N) is 1. The molecule has 0 aliphatic carbocycles. The van der Waals surface area contributed by atoms with Crippen molar-refractivity contribution in [2.45, 2.75) is 45.1 Å². The third-order valence-corrected chi connectivity index (χ3v) is 3.07. The van der Waals surface area contributed by atoms with Crippen LogP contribution in [0.3, 0.4) is 0 Å². The Hall–Kier alpha value is -1.59. The molecule has 2 amide bonds. The van der Waals surface area contributed by atoms with E-state index in [1.165, 1.54) is 6.92 Å².